The Labute approximate surface area is 59.9 Å². The molecule has 0 rings (SSSR count). The van der Waals surface area contributed by atoms with Crippen molar-refractivity contribution in [1.82, 2.24) is 0 Å². The number of rotatable bonds is 0. The SMILES string of the molecule is C[Se+](C)(C)C.[I-]. The topological polar surface area (TPSA) is 0 Å². The molecule has 0 nitrogen and oxygen atoms in total. The smallest absolute Gasteiger partial charge is 1.00 e. The Morgan fingerprint density at radius 1 is 0.833 bits per heavy atom. The molecule has 0 bridgehead atoms. The number of halogens is 1. The van der Waals surface area contributed by atoms with Crippen LogP contribution in [0.25, 0.3) is 0 Å². The van der Waals surface area contributed by atoms with Gasteiger partial charge in [0.25, 0.3) is 0 Å². The van der Waals surface area contributed by atoms with Gasteiger partial charge in [0.05, 0.1) is 0 Å². The summed E-state index contributed by atoms with van der Waals surface area (Å²) in [6.45, 7) is 0. The maximum atomic E-state index is 2.34. The summed E-state index contributed by atoms with van der Waals surface area (Å²) in [6, 6.07) is 0. The average Bonchev–Trinajstić information content (AvgIpc) is 0.722. The molecule has 0 aliphatic carbocycles. The van der Waals surface area contributed by atoms with Crippen LogP contribution in [0.5, 0.6) is 0 Å². The minimum atomic E-state index is -0.750. The predicted octanol–water partition coefficient (Wildman–Crippen LogP) is -1.04. The molecule has 0 aromatic rings. The van der Waals surface area contributed by atoms with Gasteiger partial charge in [0.2, 0.25) is 0 Å². The summed E-state index contributed by atoms with van der Waals surface area (Å²) in [5, 5.41) is 0. The molecule has 0 fully saturated rings. The fourth-order valence-corrected chi connectivity index (χ4v) is 0. The summed E-state index contributed by atoms with van der Waals surface area (Å²) >= 11 is -0.750. The van der Waals surface area contributed by atoms with E-state index in [4.69, 9.17) is 0 Å². The van der Waals surface area contributed by atoms with Gasteiger partial charge >= 0.3 is 36.1 Å². The molecule has 0 saturated carbocycles. The molecule has 2 heteroatoms. The minimum Gasteiger partial charge on any atom is -1.00 e. The second-order valence-electron chi connectivity index (χ2n) is 2.45. The van der Waals surface area contributed by atoms with Gasteiger partial charge in [-0.15, -0.1) is 0 Å². The molecule has 0 atom stereocenters. The average molecular weight is 266 g/mol. The fraction of sp³-hybridized carbons (Fsp3) is 1.00. The Morgan fingerprint density at radius 3 is 0.833 bits per heavy atom. The van der Waals surface area contributed by atoms with Crippen LogP contribution >= 0.6 is 0 Å². The van der Waals surface area contributed by atoms with Crippen molar-refractivity contribution in [3.05, 3.63) is 0 Å². The second-order valence-corrected chi connectivity index (χ2v) is 12.7. The molecule has 0 aromatic heterocycles. The molecule has 0 spiro atoms. The summed E-state index contributed by atoms with van der Waals surface area (Å²) in [6.07, 6.45) is 0. The molecule has 0 unspecified atom stereocenters. The van der Waals surface area contributed by atoms with Crippen molar-refractivity contribution >= 4 is 12.8 Å². The molecular formula is C4H12ISe. The Balaban J connectivity index is 0. The van der Waals surface area contributed by atoms with Crippen molar-refractivity contribution in [3.8, 4) is 0 Å². The zero-order valence-electron chi connectivity index (χ0n) is 4.79. The van der Waals surface area contributed by atoms with Crippen LogP contribution in [0.15, 0.2) is 0 Å². The van der Waals surface area contributed by atoms with Crippen molar-refractivity contribution in [3.63, 3.8) is 0 Å². The predicted molar refractivity (Wildman–Crippen MR) is 29.2 cm³/mol. The Hall–Kier alpha value is 1.25. The molecule has 0 amide bonds. The first-order valence-electron chi connectivity index (χ1n) is 1.63. The molecule has 6 heavy (non-hydrogen) atoms. The maximum absolute atomic E-state index is 2.34. The van der Waals surface area contributed by atoms with E-state index in [0.29, 0.717) is 0 Å². The quantitative estimate of drug-likeness (QED) is 0.388. The maximum Gasteiger partial charge on any atom is -1.00 e. The normalized spacial score (nSPS) is 10.0. The van der Waals surface area contributed by atoms with Crippen LogP contribution < -0.4 is 24.0 Å². The Morgan fingerprint density at radius 2 is 0.833 bits per heavy atom. The van der Waals surface area contributed by atoms with Crippen molar-refractivity contribution < 1.29 is 24.0 Å². The van der Waals surface area contributed by atoms with Crippen LogP contribution in [0.3, 0.4) is 0 Å². The summed E-state index contributed by atoms with van der Waals surface area (Å²) in [4.78, 5) is 0. The van der Waals surface area contributed by atoms with E-state index >= 15 is 0 Å². The minimum absolute atomic E-state index is 0. The van der Waals surface area contributed by atoms with Crippen LogP contribution in [0, 0.1) is 0 Å². The van der Waals surface area contributed by atoms with Gasteiger partial charge in [-0.05, 0) is 0 Å². The van der Waals surface area contributed by atoms with Gasteiger partial charge in [-0.25, -0.2) is 0 Å². The Kier molecular flexibility index (Phi) is 5.61. The van der Waals surface area contributed by atoms with Gasteiger partial charge in [-0.2, -0.15) is 0 Å². The number of hydrogen-bond donors (Lipinski definition) is 0. The number of hydrogen-bond acceptors (Lipinski definition) is 0. The molecule has 0 N–H and O–H groups in total. The van der Waals surface area contributed by atoms with Crippen molar-refractivity contribution in [2.75, 3.05) is 0 Å². The third kappa shape index (κ3) is 60.7. The van der Waals surface area contributed by atoms with Crippen LogP contribution in [0.4, 0.5) is 0 Å². The van der Waals surface area contributed by atoms with E-state index in [0.717, 1.165) is 0 Å². The van der Waals surface area contributed by atoms with Crippen LogP contribution in [0.1, 0.15) is 0 Å². The van der Waals surface area contributed by atoms with Gasteiger partial charge in [-0.1, -0.05) is 0 Å². The zero-order valence-corrected chi connectivity index (χ0v) is 8.66. The van der Waals surface area contributed by atoms with Crippen LogP contribution in [0.2, 0.25) is 23.3 Å². The largest absolute Gasteiger partial charge is 1.00 e. The summed E-state index contributed by atoms with van der Waals surface area (Å²) < 4.78 is 0. The molecular weight excluding hydrogens is 254 g/mol. The van der Waals surface area contributed by atoms with E-state index < -0.39 is 12.8 Å². The first kappa shape index (κ1) is 10.3. The van der Waals surface area contributed by atoms with E-state index in [1.807, 2.05) is 0 Å². The summed E-state index contributed by atoms with van der Waals surface area (Å²) in [5.41, 5.74) is 0. The summed E-state index contributed by atoms with van der Waals surface area (Å²) in [7, 11) is 0. The van der Waals surface area contributed by atoms with E-state index in [-0.39, 0.29) is 24.0 Å². The molecule has 0 aromatic carbocycles. The van der Waals surface area contributed by atoms with Crippen LogP contribution in [-0.2, 0) is 0 Å². The van der Waals surface area contributed by atoms with Crippen molar-refractivity contribution in [2.24, 2.45) is 0 Å². The van der Waals surface area contributed by atoms with Gasteiger partial charge in [0.15, 0.2) is 0 Å². The van der Waals surface area contributed by atoms with E-state index in [1.54, 1.807) is 0 Å². The first-order chi connectivity index (χ1) is 2.00. The molecule has 0 aliphatic rings. The molecule has 0 saturated heterocycles. The van der Waals surface area contributed by atoms with E-state index in [2.05, 4.69) is 23.3 Å². The molecule has 41 valence electrons. The molecule has 0 heterocycles. The zero-order chi connectivity index (χ0) is 4.50. The van der Waals surface area contributed by atoms with Crippen LogP contribution in [-0.4, -0.2) is 12.8 Å². The monoisotopic (exact) mass is 267 g/mol. The summed E-state index contributed by atoms with van der Waals surface area (Å²) in [5.74, 6) is 9.38. The van der Waals surface area contributed by atoms with Gasteiger partial charge in [-0.3, -0.25) is 0 Å². The standard InChI is InChI=1S/C4H12Se.HI/c1-5(2,3)4;/h1-4H3;1H/q+1;/p-1. The Bertz CT molecular complexity index is 23.0. The third-order valence-corrected chi connectivity index (χ3v) is 0. The van der Waals surface area contributed by atoms with E-state index in [1.165, 1.54) is 0 Å². The first-order valence-corrected chi connectivity index (χ1v) is 8.49. The van der Waals surface area contributed by atoms with Gasteiger partial charge in [0, 0.05) is 0 Å². The van der Waals surface area contributed by atoms with Gasteiger partial charge < -0.3 is 24.0 Å². The van der Waals surface area contributed by atoms with E-state index in [9.17, 15) is 0 Å². The molecule has 0 aliphatic heterocycles. The molecule has 1 radical (unpaired) electrons. The van der Waals surface area contributed by atoms with Crippen molar-refractivity contribution in [2.45, 2.75) is 23.3 Å². The van der Waals surface area contributed by atoms with Crippen molar-refractivity contribution in [1.29, 1.82) is 0 Å². The third-order valence-electron chi connectivity index (χ3n) is 0. The second kappa shape index (κ2) is 3.28. The van der Waals surface area contributed by atoms with Gasteiger partial charge in [0.1, 0.15) is 0 Å². The fourth-order valence-electron chi connectivity index (χ4n) is 0.